The van der Waals surface area contributed by atoms with Gasteiger partial charge in [0.05, 0.1) is 11.7 Å². The highest BCUT2D eigenvalue weighted by atomic mass is 16.3. The molecule has 1 atom stereocenters. The Morgan fingerprint density at radius 2 is 2.00 bits per heavy atom. The average Bonchev–Trinajstić information content (AvgIpc) is 2.61. The molecule has 1 aliphatic carbocycles. The van der Waals surface area contributed by atoms with Gasteiger partial charge in [0.15, 0.2) is 0 Å². The Labute approximate surface area is 141 Å². The molecule has 0 saturated carbocycles. The van der Waals surface area contributed by atoms with E-state index < -0.39 is 0 Å². The third-order valence-corrected chi connectivity index (χ3v) is 4.41. The van der Waals surface area contributed by atoms with Crippen LogP contribution in [0.15, 0.2) is 84.1 Å². The number of aromatic hydroxyl groups is 1. The lowest BCUT2D eigenvalue weighted by Crippen LogP contribution is -2.30. The minimum atomic E-state index is 0.212. The summed E-state index contributed by atoms with van der Waals surface area (Å²) < 4.78 is 0. The van der Waals surface area contributed by atoms with Gasteiger partial charge >= 0.3 is 0 Å². The number of phenols is 1. The topological polar surface area (TPSA) is 36.4 Å². The number of fused-ring (bicyclic) bond motifs is 2. The molecule has 0 spiro atoms. The van der Waals surface area contributed by atoms with Crippen LogP contribution >= 0.6 is 0 Å². The maximum absolute atomic E-state index is 9.97. The molecule has 3 nitrogen and oxygen atoms in total. The Morgan fingerprint density at radius 1 is 1.08 bits per heavy atom. The highest BCUT2D eigenvalue weighted by Gasteiger charge is 2.20. The van der Waals surface area contributed by atoms with Gasteiger partial charge in [-0.2, -0.15) is 0 Å². The van der Waals surface area contributed by atoms with E-state index in [-0.39, 0.29) is 11.8 Å². The van der Waals surface area contributed by atoms with Crippen molar-refractivity contribution in [1.82, 2.24) is 9.88 Å². The summed E-state index contributed by atoms with van der Waals surface area (Å²) in [6.45, 7) is 0. The summed E-state index contributed by atoms with van der Waals surface area (Å²) in [6.07, 6.45) is 16.8. The quantitative estimate of drug-likeness (QED) is 0.902. The summed E-state index contributed by atoms with van der Waals surface area (Å²) >= 11 is 0. The van der Waals surface area contributed by atoms with Gasteiger partial charge in [0, 0.05) is 12.4 Å². The van der Waals surface area contributed by atoms with Crippen molar-refractivity contribution in [2.75, 3.05) is 7.05 Å². The molecule has 1 N–H and O–H groups in total. The summed E-state index contributed by atoms with van der Waals surface area (Å²) in [5, 5.41) is 10.9. The lowest BCUT2D eigenvalue weighted by Gasteiger charge is -2.31. The lowest BCUT2D eigenvalue weighted by molar-refractivity contribution is 0.420. The van der Waals surface area contributed by atoms with Crippen molar-refractivity contribution >= 4 is 17.0 Å². The minimum absolute atomic E-state index is 0.212. The first-order valence-corrected chi connectivity index (χ1v) is 7.98. The van der Waals surface area contributed by atoms with Gasteiger partial charge < -0.3 is 10.0 Å². The molecular weight excluding hydrogens is 296 g/mol. The first-order chi connectivity index (χ1) is 11.7. The van der Waals surface area contributed by atoms with Crippen LogP contribution in [0.3, 0.4) is 0 Å². The lowest BCUT2D eigenvalue weighted by atomic mass is 9.90. The molecule has 4 rings (SSSR count). The average molecular weight is 314 g/mol. The van der Waals surface area contributed by atoms with E-state index in [0.717, 1.165) is 11.1 Å². The second kappa shape index (κ2) is 5.85. The zero-order valence-corrected chi connectivity index (χ0v) is 13.4. The van der Waals surface area contributed by atoms with Crippen molar-refractivity contribution in [1.29, 1.82) is 0 Å². The fourth-order valence-corrected chi connectivity index (χ4v) is 3.13. The number of rotatable bonds is 2. The largest absolute Gasteiger partial charge is 0.506 e. The normalized spacial score (nSPS) is 19.5. The molecular formula is C21H18N2O. The van der Waals surface area contributed by atoms with E-state index in [1.807, 2.05) is 30.3 Å². The van der Waals surface area contributed by atoms with Crippen molar-refractivity contribution in [3.05, 3.63) is 89.8 Å². The SMILES string of the molecule is CN1C=CC=C2C(/C=C/c3ccc4cccc(O)c4n3)=CC=CC21. The van der Waals surface area contributed by atoms with Crippen molar-refractivity contribution in [2.45, 2.75) is 6.04 Å². The van der Waals surface area contributed by atoms with E-state index in [1.54, 1.807) is 6.07 Å². The number of phenolic OH excluding ortho intramolecular Hbond substituents is 1. The third-order valence-electron chi connectivity index (χ3n) is 4.41. The fourth-order valence-electron chi connectivity index (χ4n) is 3.13. The summed E-state index contributed by atoms with van der Waals surface area (Å²) in [7, 11) is 2.08. The number of benzene rings is 1. The maximum atomic E-state index is 9.97. The summed E-state index contributed by atoms with van der Waals surface area (Å²) in [5.41, 5.74) is 3.92. The number of allylic oxidation sites excluding steroid dienone is 5. The standard InChI is InChI=1S/C21H18N2O/c1-23-14-4-7-18-15(5-2-8-19(18)23)10-12-17-13-11-16-6-3-9-20(24)21(16)22-17/h2-14,19,24H,1H3/b12-10+. The van der Waals surface area contributed by atoms with Crippen molar-refractivity contribution in [3.63, 3.8) is 0 Å². The first kappa shape index (κ1) is 14.5. The molecule has 0 radical (unpaired) electrons. The molecule has 1 aromatic carbocycles. The van der Waals surface area contributed by atoms with Gasteiger partial charge in [0.2, 0.25) is 0 Å². The van der Waals surface area contributed by atoms with E-state index in [4.69, 9.17) is 0 Å². The number of hydrogen-bond donors (Lipinski definition) is 1. The maximum Gasteiger partial charge on any atom is 0.141 e. The van der Waals surface area contributed by atoms with E-state index in [0.29, 0.717) is 5.52 Å². The van der Waals surface area contributed by atoms with E-state index >= 15 is 0 Å². The molecule has 1 aromatic heterocycles. The minimum Gasteiger partial charge on any atom is -0.506 e. The molecule has 2 aromatic rings. The smallest absolute Gasteiger partial charge is 0.141 e. The van der Waals surface area contributed by atoms with Crippen LogP contribution in [0, 0.1) is 0 Å². The molecule has 2 heterocycles. The molecule has 118 valence electrons. The van der Waals surface area contributed by atoms with Crippen LogP contribution in [0.4, 0.5) is 0 Å². The molecule has 0 fully saturated rings. The molecule has 24 heavy (non-hydrogen) atoms. The van der Waals surface area contributed by atoms with Gasteiger partial charge in [-0.3, -0.25) is 0 Å². The number of para-hydroxylation sites is 1. The van der Waals surface area contributed by atoms with Gasteiger partial charge in [-0.25, -0.2) is 4.98 Å². The van der Waals surface area contributed by atoms with Crippen LogP contribution in [0.25, 0.3) is 17.0 Å². The Hall–Kier alpha value is -3.07. The molecule has 0 amide bonds. The Morgan fingerprint density at radius 3 is 2.92 bits per heavy atom. The Kier molecular flexibility index (Phi) is 3.54. The molecule has 3 heteroatoms. The molecule has 0 bridgehead atoms. The Balaban J connectivity index is 1.67. The fraction of sp³-hybridized carbons (Fsp3) is 0.0952. The van der Waals surface area contributed by atoms with E-state index in [9.17, 15) is 5.11 Å². The second-order valence-electron chi connectivity index (χ2n) is 6.00. The van der Waals surface area contributed by atoms with Crippen molar-refractivity contribution in [3.8, 4) is 5.75 Å². The van der Waals surface area contributed by atoms with Crippen molar-refractivity contribution in [2.24, 2.45) is 0 Å². The summed E-state index contributed by atoms with van der Waals surface area (Å²) in [5.74, 6) is 0.212. The van der Waals surface area contributed by atoms with Gasteiger partial charge in [0.25, 0.3) is 0 Å². The predicted octanol–water partition coefficient (Wildman–Crippen LogP) is 4.20. The number of nitrogens with zero attached hydrogens (tertiary/aromatic N) is 2. The van der Waals surface area contributed by atoms with Gasteiger partial charge in [-0.05, 0) is 41.6 Å². The third kappa shape index (κ3) is 2.54. The van der Waals surface area contributed by atoms with Gasteiger partial charge in [0.1, 0.15) is 11.3 Å². The summed E-state index contributed by atoms with van der Waals surface area (Å²) in [4.78, 5) is 6.75. The number of hydrogen-bond acceptors (Lipinski definition) is 3. The van der Waals surface area contributed by atoms with Crippen molar-refractivity contribution < 1.29 is 5.11 Å². The number of aromatic nitrogens is 1. The van der Waals surface area contributed by atoms with Gasteiger partial charge in [-0.1, -0.05) is 48.6 Å². The van der Waals surface area contributed by atoms with Crippen LogP contribution in [0.2, 0.25) is 0 Å². The van der Waals surface area contributed by atoms with Crippen LogP contribution in [-0.4, -0.2) is 28.1 Å². The van der Waals surface area contributed by atoms with Crippen LogP contribution in [0.5, 0.6) is 5.75 Å². The first-order valence-electron chi connectivity index (χ1n) is 7.98. The van der Waals surface area contributed by atoms with Crippen LogP contribution in [0.1, 0.15) is 5.69 Å². The predicted molar refractivity (Wildman–Crippen MR) is 98.4 cm³/mol. The zero-order chi connectivity index (χ0) is 16.5. The molecule has 2 aliphatic rings. The zero-order valence-electron chi connectivity index (χ0n) is 13.4. The molecule has 1 unspecified atom stereocenters. The highest BCUT2D eigenvalue weighted by molar-refractivity contribution is 5.85. The molecule has 0 saturated heterocycles. The Bertz CT molecular complexity index is 947. The monoisotopic (exact) mass is 314 g/mol. The van der Waals surface area contributed by atoms with E-state index in [1.165, 1.54) is 11.1 Å². The number of pyridine rings is 1. The second-order valence-corrected chi connectivity index (χ2v) is 6.00. The highest BCUT2D eigenvalue weighted by Crippen LogP contribution is 2.28. The van der Waals surface area contributed by atoms with Gasteiger partial charge in [-0.15, -0.1) is 0 Å². The van der Waals surface area contributed by atoms with Crippen LogP contribution in [-0.2, 0) is 0 Å². The molecule has 1 aliphatic heterocycles. The van der Waals surface area contributed by atoms with Crippen LogP contribution < -0.4 is 0 Å². The van der Waals surface area contributed by atoms with E-state index in [2.05, 4.69) is 59.6 Å². The summed E-state index contributed by atoms with van der Waals surface area (Å²) in [6, 6.07) is 9.67. The number of likely N-dealkylation sites (N-methyl/N-ethyl adjacent to an activating group) is 1.